The molecule has 0 atom stereocenters. The van der Waals surface area contributed by atoms with E-state index in [2.05, 4.69) is 13.2 Å². The van der Waals surface area contributed by atoms with Crippen molar-refractivity contribution in [1.29, 1.82) is 0 Å². The molecule has 0 amide bonds. The molecular weight excluding hydrogens is 178 g/mol. The smallest absolute Gasteiger partial charge is 0.300 e. The zero-order valence-corrected chi connectivity index (χ0v) is 9.29. The van der Waals surface area contributed by atoms with Gasteiger partial charge in [0.25, 0.3) is 5.97 Å². The molecule has 82 valence electrons. The summed E-state index contributed by atoms with van der Waals surface area (Å²) in [7, 11) is 0. The van der Waals surface area contributed by atoms with Gasteiger partial charge < -0.3 is 10.8 Å². The summed E-state index contributed by atoms with van der Waals surface area (Å²) < 4.78 is 0. The second-order valence-electron chi connectivity index (χ2n) is 1.90. The van der Waals surface area contributed by atoms with Gasteiger partial charge in [-0.25, -0.2) is 0 Å². The summed E-state index contributed by atoms with van der Waals surface area (Å²) in [4.78, 5) is 9.00. The Morgan fingerprint density at radius 1 is 1.43 bits per heavy atom. The van der Waals surface area contributed by atoms with Gasteiger partial charge in [-0.2, -0.15) is 0 Å². The molecule has 3 nitrogen and oxygen atoms in total. The second-order valence-corrected chi connectivity index (χ2v) is 1.90. The van der Waals surface area contributed by atoms with E-state index >= 15 is 0 Å². The molecule has 0 saturated heterocycles. The van der Waals surface area contributed by atoms with Crippen LogP contribution in [0.3, 0.4) is 0 Å². The first kappa shape index (κ1) is 18.4. The Morgan fingerprint density at radius 2 is 1.79 bits per heavy atom. The van der Waals surface area contributed by atoms with Gasteiger partial charge in [-0.15, -0.1) is 0 Å². The molecule has 3 N–H and O–H groups in total. The van der Waals surface area contributed by atoms with Gasteiger partial charge >= 0.3 is 0 Å². The first-order chi connectivity index (χ1) is 6.58. The summed E-state index contributed by atoms with van der Waals surface area (Å²) in [5.41, 5.74) is 6.30. The SMILES string of the molecule is C=C/C=C(\C=C)CN.CC.CC(=O)O. The lowest BCUT2D eigenvalue weighted by atomic mass is 10.2. The fraction of sp³-hybridized carbons (Fsp3) is 0.364. The third-order valence-electron chi connectivity index (χ3n) is 0.830. The van der Waals surface area contributed by atoms with E-state index in [-0.39, 0.29) is 0 Å². The minimum absolute atomic E-state index is 0.537. The van der Waals surface area contributed by atoms with E-state index in [4.69, 9.17) is 15.6 Å². The summed E-state index contributed by atoms with van der Waals surface area (Å²) in [5.74, 6) is -0.833. The monoisotopic (exact) mass is 199 g/mol. The zero-order valence-electron chi connectivity index (χ0n) is 9.29. The predicted octanol–water partition coefficient (Wildman–Crippen LogP) is 2.36. The highest BCUT2D eigenvalue weighted by atomic mass is 16.4. The number of aliphatic carboxylic acids is 1. The van der Waals surface area contributed by atoms with Crippen molar-refractivity contribution in [2.75, 3.05) is 6.54 Å². The molecule has 0 aromatic heterocycles. The molecule has 0 aliphatic rings. The largest absolute Gasteiger partial charge is 0.481 e. The van der Waals surface area contributed by atoms with E-state index in [9.17, 15) is 0 Å². The van der Waals surface area contributed by atoms with Gasteiger partial charge in [0, 0.05) is 13.5 Å². The zero-order chi connectivity index (χ0) is 12.0. The molecule has 3 heteroatoms. The van der Waals surface area contributed by atoms with Crippen LogP contribution in [0.25, 0.3) is 0 Å². The van der Waals surface area contributed by atoms with E-state index in [0.717, 1.165) is 12.5 Å². The van der Waals surface area contributed by atoms with E-state index in [0.29, 0.717) is 6.54 Å². The van der Waals surface area contributed by atoms with E-state index in [1.54, 1.807) is 12.2 Å². The number of rotatable bonds is 3. The molecule has 0 rings (SSSR count). The Labute approximate surface area is 86.6 Å². The van der Waals surface area contributed by atoms with Crippen LogP contribution < -0.4 is 5.73 Å². The Hall–Kier alpha value is -1.35. The highest BCUT2D eigenvalue weighted by molar-refractivity contribution is 5.62. The molecule has 14 heavy (non-hydrogen) atoms. The number of carboxylic acids is 1. The van der Waals surface area contributed by atoms with Crippen molar-refractivity contribution in [2.45, 2.75) is 20.8 Å². The molecule has 0 aliphatic carbocycles. The average molecular weight is 199 g/mol. The highest BCUT2D eigenvalue weighted by Gasteiger charge is 1.79. The fourth-order valence-corrected chi connectivity index (χ4v) is 0.371. The highest BCUT2D eigenvalue weighted by Crippen LogP contribution is 1.90. The van der Waals surface area contributed by atoms with Crippen LogP contribution in [0.2, 0.25) is 0 Å². The summed E-state index contributed by atoms with van der Waals surface area (Å²) in [5, 5.41) is 7.42. The van der Waals surface area contributed by atoms with Gasteiger partial charge in [-0.05, 0) is 5.57 Å². The molecular formula is C11H21NO2. The van der Waals surface area contributed by atoms with E-state index in [1.165, 1.54) is 0 Å². The molecule has 0 aliphatic heterocycles. The quantitative estimate of drug-likeness (QED) is 0.686. The van der Waals surface area contributed by atoms with Crippen molar-refractivity contribution in [3.05, 3.63) is 37.0 Å². The van der Waals surface area contributed by atoms with Crippen molar-refractivity contribution in [1.82, 2.24) is 0 Å². The average Bonchev–Trinajstić information content (AvgIpc) is 2.16. The Balaban J connectivity index is -0.000000170. The fourth-order valence-electron chi connectivity index (χ4n) is 0.371. The number of carboxylic acid groups (broad SMARTS) is 1. The molecule has 0 fully saturated rings. The molecule has 0 aromatic carbocycles. The van der Waals surface area contributed by atoms with E-state index < -0.39 is 5.97 Å². The third-order valence-corrected chi connectivity index (χ3v) is 0.830. The van der Waals surface area contributed by atoms with Gasteiger partial charge in [0.05, 0.1) is 0 Å². The molecule has 0 aromatic rings. The van der Waals surface area contributed by atoms with Crippen molar-refractivity contribution in [2.24, 2.45) is 5.73 Å². The Bertz CT molecular complexity index is 180. The van der Waals surface area contributed by atoms with Crippen LogP contribution >= 0.6 is 0 Å². The summed E-state index contributed by atoms with van der Waals surface area (Å²) in [6, 6.07) is 0. The Kier molecular flexibility index (Phi) is 23.3. The maximum Gasteiger partial charge on any atom is 0.300 e. The minimum Gasteiger partial charge on any atom is -0.481 e. The topological polar surface area (TPSA) is 63.3 Å². The standard InChI is InChI=1S/C7H11N.C2H4O2.C2H6/c1-3-5-7(4-2)6-8;1-2(3)4;1-2/h3-5H,1-2,6,8H2;1H3,(H,3,4);1-2H3/b7-5+;;. The van der Waals surface area contributed by atoms with Gasteiger partial charge in [0.2, 0.25) is 0 Å². The maximum atomic E-state index is 9.00. The lowest BCUT2D eigenvalue weighted by molar-refractivity contribution is -0.134. The van der Waals surface area contributed by atoms with Crippen LogP contribution in [0.5, 0.6) is 0 Å². The second kappa shape index (κ2) is 17.7. The van der Waals surface area contributed by atoms with Gasteiger partial charge in [-0.3, -0.25) is 4.79 Å². The van der Waals surface area contributed by atoms with Crippen LogP contribution in [0.4, 0.5) is 0 Å². The molecule has 0 saturated carbocycles. The molecule has 0 bridgehead atoms. The van der Waals surface area contributed by atoms with Crippen LogP contribution in [0.15, 0.2) is 37.0 Å². The minimum atomic E-state index is -0.833. The lowest BCUT2D eigenvalue weighted by Crippen LogP contribution is -1.99. The van der Waals surface area contributed by atoms with Crippen LogP contribution in [0, 0.1) is 0 Å². The summed E-state index contributed by atoms with van der Waals surface area (Å²) in [6.07, 6.45) is 5.26. The van der Waals surface area contributed by atoms with Crippen LogP contribution in [0.1, 0.15) is 20.8 Å². The maximum absolute atomic E-state index is 9.00. The first-order valence-corrected chi connectivity index (χ1v) is 4.42. The van der Waals surface area contributed by atoms with Crippen molar-refractivity contribution >= 4 is 5.97 Å². The first-order valence-electron chi connectivity index (χ1n) is 4.42. The molecule has 0 spiro atoms. The van der Waals surface area contributed by atoms with Gasteiger partial charge in [0.1, 0.15) is 0 Å². The molecule has 0 heterocycles. The predicted molar refractivity (Wildman–Crippen MR) is 62.2 cm³/mol. The van der Waals surface area contributed by atoms with Gasteiger partial charge in [-0.1, -0.05) is 45.2 Å². The van der Waals surface area contributed by atoms with Crippen molar-refractivity contribution < 1.29 is 9.90 Å². The Morgan fingerprint density at radius 3 is 1.86 bits per heavy atom. The summed E-state index contributed by atoms with van der Waals surface area (Å²) in [6.45, 7) is 12.7. The normalized spacial score (nSPS) is 8.43. The molecule has 0 unspecified atom stereocenters. The van der Waals surface area contributed by atoms with Crippen LogP contribution in [-0.2, 0) is 4.79 Å². The number of hydrogen-bond acceptors (Lipinski definition) is 2. The number of allylic oxidation sites excluding steroid dienone is 2. The molecule has 0 radical (unpaired) electrons. The lowest BCUT2D eigenvalue weighted by Gasteiger charge is -1.89. The number of nitrogens with two attached hydrogens (primary N) is 1. The summed E-state index contributed by atoms with van der Waals surface area (Å²) >= 11 is 0. The number of carbonyl (C=O) groups is 1. The van der Waals surface area contributed by atoms with Crippen molar-refractivity contribution in [3.63, 3.8) is 0 Å². The number of hydrogen-bond donors (Lipinski definition) is 2. The van der Waals surface area contributed by atoms with Gasteiger partial charge in [0.15, 0.2) is 0 Å². The van der Waals surface area contributed by atoms with Crippen molar-refractivity contribution in [3.8, 4) is 0 Å². The van der Waals surface area contributed by atoms with Crippen LogP contribution in [-0.4, -0.2) is 17.6 Å². The van der Waals surface area contributed by atoms with E-state index in [1.807, 2.05) is 19.9 Å². The third kappa shape index (κ3) is 31.1.